The molecule has 1 saturated heterocycles. The number of nitro groups is 1. The molecule has 1 heterocycles. The van der Waals surface area contributed by atoms with Crippen molar-refractivity contribution in [1.29, 1.82) is 0 Å². The summed E-state index contributed by atoms with van der Waals surface area (Å²) in [5.41, 5.74) is 0.0995. The molecule has 1 atom stereocenters. The van der Waals surface area contributed by atoms with Gasteiger partial charge in [0, 0.05) is 13.0 Å². The van der Waals surface area contributed by atoms with Gasteiger partial charge in [-0.25, -0.2) is 0 Å². The third kappa shape index (κ3) is 2.24. The van der Waals surface area contributed by atoms with Crippen molar-refractivity contribution in [3.05, 3.63) is 28.3 Å². The molecular weight excluding hydrogens is 260 g/mol. The second-order valence-corrected chi connectivity index (χ2v) is 4.53. The number of benzene rings is 1. The molecule has 2 rings (SSSR count). The number of carbonyl (C=O) groups excluding carboxylic acids is 1. The van der Waals surface area contributed by atoms with Crippen LogP contribution in [0.1, 0.15) is 6.42 Å². The molecule has 0 spiro atoms. The molecule has 0 saturated carbocycles. The van der Waals surface area contributed by atoms with Gasteiger partial charge >= 0.3 is 0 Å². The molecule has 1 aromatic rings. The first-order valence-electron chi connectivity index (χ1n) is 5.29. The zero-order valence-electron chi connectivity index (χ0n) is 9.63. The Balaban J connectivity index is 2.44. The normalized spacial score (nSPS) is 19.1. The van der Waals surface area contributed by atoms with E-state index in [1.54, 1.807) is 6.07 Å². The van der Waals surface area contributed by atoms with Gasteiger partial charge in [-0.2, -0.15) is 0 Å². The van der Waals surface area contributed by atoms with Gasteiger partial charge in [-0.15, -0.1) is 11.6 Å². The van der Waals surface area contributed by atoms with Gasteiger partial charge in [-0.05, 0) is 12.1 Å². The lowest BCUT2D eigenvalue weighted by atomic mass is 10.2. The SMILES string of the molecule is COc1ccc(N2CC(Cl)CC2=O)c([N+](=O)[O-])c1. The van der Waals surface area contributed by atoms with Gasteiger partial charge < -0.3 is 9.64 Å². The molecule has 7 heteroatoms. The van der Waals surface area contributed by atoms with Crippen LogP contribution < -0.4 is 9.64 Å². The number of hydrogen-bond donors (Lipinski definition) is 0. The Hall–Kier alpha value is -1.82. The zero-order chi connectivity index (χ0) is 13.3. The summed E-state index contributed by atoms with van der Waals surface area (Å²) in [4.78, 5) is 23.5. The lowest BCUT2D eigenvalue weighted by molar-refractivity contribution is -0.384. The summed E-state index contributed by atoms with van der Waals surface area (Å²) in [6, 6.07) is 4.38. The number of ether oxygens (including phenoxy) is 1. The van der Waals surface area contributed by atoms with Crippen molar-refractivity contribution < 1.29 is 14.5 Å². The maximum atomic E-state index is 11.7. The number of nitro benzene ring substituents is 1. The number of halogens is 1. The summed E-state index contributed by atoms with van der Waals surface area (Å²) in [5, 5.41) is 10.7. The monoisotopic (exact) mass is 270 g/mol. The molecule has 18 heavy (non-hydrogen) atoms. The third-order valence-corrected chi connectivity index (χ3v) is 3.04. The number of amides is 1. The lowest BCUT2D eigenvalue weighted by Crippen LogP contribution is -2.25. The highest BCUT2D eigenvalue weighted by atomic mass is 35.5. The minimum Gasteiger partial charge on any atom is -0.496 e. The van der Waals surface area contributed by atoms with Gasteiger partial charge in [0.1, 0.15) is 11.4 Å². The van der Waals surface area contributed by atoms with E-state index in [4.69, 9.17) is 16.3 Å². The van der Waals surface area contributed by atoms with E-state index < -0.39 is 4.92 Å². The van der Waals surface area contributed by atoms with Crippen LogP contribution in [0.15, 0.2) is 18.2 Å². The van der Waals surface area contributed by atoms with Gasteiger partial charge in [0.05, 0.1) is 23.5 Å². The van der Waals surface area contributed by atoms with Crippen LogP contribution in [-0.2, 0) is 4.79 Å². The fourth-order valence-electron chi connectivity index (χ4n) is 1.90. The predicted molar refractivity (Wildman–Crippen MR) is 66.3 cm³/mol. The van der Waals surface area contributed by atoms with Crippen LogP contribution in [0.5, 0.6) is 5.75 Å². The van der Waals surface area contributed by atoms with E-state index in [-0.39, 0.29) is 35.6 Å². The van der Waals surface area contributed by atoms with Gasteiger partial charge in [0.15, 0.2) is 0 Å². The maximum Gasteiger partial charge on any atom is 0.296 e. The summed E-state index contributed by atoms with van der Waals surface area (Å²) >= 11 is 5.89. The van der Waals surface area contributed by atoms with E-state index in [0.29, 0.717) is 5.75 Å². The zero-order valence-corrected chi connectivity index (χ0v) is 10.4. The topological polar surface area (TPSA) is 72.7 Å². The molecule has 1 amide bonds. The Morgan fingerprint density at radius 1 is 1.56 bits per heavy atom. The molecule has 1 aliphatic heterocycles. The number of hydrogen-bond acceptors (Lipinski definition) is 4. The molecule has 96 valence electrons. The van der Waals surface area contributed by atoms with E-state index >= 15 is 0 Å². The van der Waals surface area contributed by atoms with E-state index in [2.05, 4.69) is 0 Å². The van der Waals surface area contributed by atoms with Gasteiger partial charge in [-0.3, -0.25) is 14.9 Å². The van der Waals surface area contributed by atoms with E-state index in [9.17, 15) is 14.9 Å². The van der Waals surface area contributed by atoms with Crippen molar-refractivity contribution in [3.8, 4) is 5.75 Å². The fraction of sp³-hybridized carbons (Fsp3) is 0.364. The van der Waals surface area contributed by atoms with E-state index in [1.165, 1.54) is 24.1 Å². The molecule has 6 nitrogen and oxygen atoms in total. The lowest BCUT2D eigenvalue weighted by Gasteiger charge is -2.16. The molecule has 0 bridgehead atoms. The number of nitrogens with zero attached hydrogens (tertiary/aromatic N) is 2. The second-order valence-electron chi connectivity index (χ2n) is 3.92. The van der Waals surface area contributed by atoms with Gasteiger partial charge in [0.2, 0.25) is 5.91 Å². The standard InChI is InChI=1S/C11H11ClN2O4/c1-18-8-2-3-9(10(5-8)14(16)17)13-6-7(12)4-11(13)15/h2-3,5,7H,4,6H2,1H3. The maximum absolute atomic E-state index is 11.7. The molecule has 0 aliphatic carbocycles. The summed E-state index contributed by atoms with van der Waals surface area (Å²) in [7, 11) is 1.43. The van der Waals surface area contributed by atoms with Gasteiger partial charge in [-0.1, -0.05) is 0 Å². The molecule has 1 aromatic carbocycles. The molecule has 1 aliphatic rings. The van der Waals surface area contributed by atoms with Crippen LogP contribution in [0.4, 0.5) is 11.4 Å². The number of methoxy groups -OCH3 is 1. The van der Waals surface area contributed by atoms with Crippen LogP contribution in [0.25, 0.3) is 0 Å². The number of alkyl halides is 1. The van der Waals surface area contributed by atoms with Crippen LogP contribution in [0.2, 0.25) is 0 Å². The highest BCUT2D eigenvalue weighted by Gasteiger charge is 2.33. The predicted octanol–water partition coefficient (Wildman–Crippen LogP) is 1.95. The van der Waals surface area contributed by atoms with Crippen LogP contribution in [0.3, 0.4) is 0 Å². The third-order valence-electron chi connectivity index (χ3n) is 2.75. The Labute approximate surface area is 108 Å². The molecule has 0 N–H and O–H groups in total. The number of carbonyl (C=O) groups is 1. The molecule has 1 fully saturated rings. The van der Waals surface area contributed by atoms with Crippen molar-refractivity contribution in [2.45, 2.75) is 11.8 Å². The molecule has 0 aromatic heterocycles. The highest BCUT2D eigenvalue weighted by molar-refractivity contribution is 6.24. The Morgan fingerprint density at radius 3 is 2.78 bits per heavy atom. The molecule has 0 radical (unpaired) electrons. The number of anilines is 1. The van der Waals surface area contributed by atoms with Crippen molar-refractivity contribution in [2.24, 2.45) is 0 Å². The minimum absolute atomic E-state index is 0.159. The Bertz CT molecular complexity index is 506. The first kappa shape index (κ1) is 12.6. The smallest absolute Gasteiger partial charge is 0.296 e. The first-order valence-corrected chi connectivity index (χ1v) is 5.73. The van der Waals surface area contributed by atoms with Crippen molar-refractivity contribution in [3.63, 3.8) is 0 Å². The highest BCUT2D eigenvalue weighted by Crippen LogP contribution is 2.35. The summed E-state index contributed by atoms with van der Waals surface area (Å²) in [6.07, 6.45) is 0.199. The average Bonchev–Trinajstić information content (AvgIpc) is 2.67. The quantitative estimate of drug-likeness (QED) is 0.478. The van der Waals surface area contributed by atoms with Crippen molar-refractivity contribution >= 4 is 28.9 Å². The Morgan fingerprint density at radius 2 is 2.28 bits per heavy atom. The summed E-state index contributed by atoms with van der Waals surface area (Å²) < 4.78 is 4.94. The van der Waals surface area contributed by atoms with Crippen molar-refractivity contribution in [2.75, 3.05) is 18.6 Å². The van der Waals surface area contributed by atoms with Crippen LogP contribution in [-0.4, -0.2) is 29.9 Å². The van der Waals surface area contributed by atoms with Crippen LogP contribution in [0, 0.1) is 10.1 Å². The average molecular weight is 271 g/mol. The second kappa shape index (κ2) is 4.81. The Kier molecular flexibility index (Phi) is 3.38. The number of rotatable bonds is 3. The summed E-state index contributed by atoms with van der Waals surface area (Å²) in [6.45, 7) is 0.285. The molecule has 1 unspecified atom stereocenters. The largest absolute Gasteiger partial charge is 0.496 e. The van der Waals surface area contributed by atoms with Gasteiger partial charge in [0.25, 0.3) is 5.69 Å². The fourth-order valence-corrected chi connectivity index (χ4v) is 2.17. The van der Waals surface area contributed by atoms with Crippen LogP contribution >= 0.6 is 11.6 Å². The summed E-state index contributed by atoms with van der Waals surface area (Å²) in [5.74, 6) is 0.169. The van der Waals surface area contributed by atoms with E-state index in [1.807, 2.05) is 0 Å². The van der Waals surface area contributed by atoms with Crippen molar-refractivity contribution in [1.82, 2.24) is 0 Å². The van der Waals surface area contributed by atoms with E-state index in [0.717, 1.165) is 0 Å². The molecular formula is C11H11ClN2O4. The first-order chi connectivity index (χ1) is 8.52. The minimum atomic E-state index is -0.535.